The third-order valence-electron chi connectivity index (χ3n) is 3.04. The van der Waals surface area contributed by atoms with Gasteiger partial charge < -0.3 is 0 Å². The molecule has 13 heavy (non-hydrogen) atoms. The quantitative estimate of drug-likeness (QED) is 0.594. The van der Waals surface area contributed by atoms with Crippen molar-refractivity contribution in [1.29, 1.82) is 0 Å². The summed E-state index contributed by atoms with van der Waals surface area (Å²) in [4.78, 5) is 11.7. The van der Waals surface area contributed by atoms with E-state index in [0.29, 0.717) is 11.7 Å². The molecule has 74 valence electrons. The Morgan fingerprint density at radius 1 is 1.38 bits per heavy atom. The molecular formula is C12H20O. The summed E-state index contributed by atoms with van der Waals surface area (Å²) in [6.07, 6.45) is 5.10. The molecule has 0 spiro atoms. The molecule has 0 heterocycles. The van der Waals surface area contributed by atoms with E-state index >= 15 is 0 Å². The summed E-state index contributed by atoms with van der Waals surface area (Å²) in [5, 5.41) is 0. The molecule has 0 amide bonds. The summed E-state index contributed by atoms with van der Waals surface area (Å²) in [6, 6.07) is 0. The van der Waals surface area contributed by atoms with Crippen LogP contribution in [0.5, 0.6) is 0 Å². The van der Waals surface area contributed by atoms with E-state index in [1.54, 1.807) is 0 Å². The van der Waals surface area contributed by atoms with Crippen LogP contribution in [0.3, 0.4) is 0 Å². The van der Waals surface area contributed by atoms with Gasteiger partial charge in [-0.3, -0.25) is 4.79 Å². The zero-order valence-electron chi connectivity index (χ0n) is 9.02. The van der Waals surface area contributed by atoms with Gasteiger partial charge in [0.2, 0.25) is 0 Å². The monoisotopic (exact) mass is 180 g/mol. The van der Waals surface area contributed by atoms with E-state index in [-0.39, 0.29) is 0 Å². The van der Waals surface area contributed by atoms with Crippen LogP contribution >= 0.6 is 0 Å². The first-order valence-corrected chi connectivity index (χ1v) is 5.43. The van der Waals surface area contributed by atoms with Gasteiger partial charge in [-0.2, -0.15) is 0 Å². The van der Waals surface area contributed by atoms with Crippen molar-refractivity contribution in [3.63, 3.8) is 0 Å². The van der Waals surface area contributed by atoms with Crippen molar-refractivity contribution in [3.8, 4) is 0 Å². The summed E-state index contributed by atoms with van der Waals surface area (Å²) in [7, 11) is 0. The average Bonchev–Trinajstić information content (AvgIpc) is 2.10. The molecule has 1 nitrogen and oxygen atoms in total. The molecular weight excluding hydrogens is 160 g/mol. The first-order valence-electron chi connectivity index (χ1n) is 5.43. The lowest BCUT2D eigenvalue weighted by atomic mass is 9.83. The van der Waals surface area contributed by atoms with Crippen molar-refractivity contribution >= 4 is 5.78 Å². The van der Waals surface area contributed by atoms with Crippen LogP contribution < -0.4 is 0 Å². The smallest absolute Gasteiger partial charge is 0.159 e. The third kappa shape index (κ3) is 2.43. The molecule has 1 unspecified atom stereocenters. The van der Waals surface area contributed by atoms with Crippen LogP contribution in [0, 0.1) is 5.92 Å². The van der Waals surface area contributed by atoms with Crippen LogP contribution in [0.4, 0.5) is 0 Å². The maximum Gasteiger partial charge on any atom is 0.159 e. The maximum absolute atomic E-state index is 11.7. The van der Waals surface area contributed by atoms with Crippen molar-refractivity contribution in [1.82, 2.24) is 0 Å². The lowest BCUT2D eigenvalue weighted by Crippen LogP contribution is -2.17. The highest BCUT2D eigenvalue weighted by Gasteiger charge is 2.22. The standard InChI is InChI=1S/C12H20O/c1-4-10(5-2)11-7-6-9(3)8-12(11)13/h9H,4-8H2,1-3H3. The van der Waals surface area contributed by atoms with Gasteiger partial charge in [0.05, 0.1) is 0 Å². The van der Waals surface area contributed by atoms with Crippen LogP contribution in [0.1, 0.15) is 52.9 Å². The summed E-state index contributed by atoms with van der Waals surface area (Å²) >= 11 is 0. The van der Waals surface area contributed by atoms with Crippen LogP contribution in [-0.4, -0.2) is 5.78 Å². The lowest BCUT2D eigenvalue weighted by molar-refractivity contribution is -0.117. The SMILES string of the molecule is CCC(CC)=C1CCC(C)CC1=O. The van der Waals surface area contributed by atoms with E-state index in [9.17, 15) is 4.79 Å². The number of Topliss-reactive ketones (excluding diaryl/α,β-unsaturated/α-hetero) is 1. The van der Waals surface area contributed by atoms with Crippen LogP contribution in [-0.2, 0) is 4.79 Å². The molecule has 1 rings (SSSR count). The second kappa shape index (κ2) is 4.59. The van der Waals surface area contributed by atoms with Gasteiger partial charge in [0.15, 0.2) is 5.78 Å². The fourth-order valence-corrected chi connectivity index (χ4v) is 2.12. The van der Waals surface area contributed by atoms with E-state index in [1.807, 2.05) is 0 Å². The van der Waals surface area contributed by atoms with Gasteiger partial charge in [-0.1, -0.05) is 26.3 Å². The fourth-order valence-electron chi connectivity index (χ4n) is 2.12. The Balaban J connectivity index is 2.80. The minimum Gasteiger partial charge on any atom is -0.295 e. The molecule has 0 bridgehead atoms. The topological polar surface area (TPSA) is 17.1 Å². The van der Waals surface area contributed by atoms with Gasteiger partial charge in [-0.05, 0) is 37.2 Å². The molecule has 1 aliphatic carbocycles. The second-order valence-electron chi connectivity index (χ2n) is 4.06. The summed E-state index contributed by atoms with van der Waals surface area (Å²) in [5.74, 6) is 1.02. The third-order valence-corrected chi connectivity index (χ3v) is 3.04. The zero-order valence-corrected chi connectivity index (χ0v) is 9.02. The van der Waals surface area contributed by atoms with Gasteiger partial charge in [-0.15, -0.1) is 0 Å². The molecule has 0 aromatic heterocycles. The molecule has 1 aliphatic rings. The van der Waals surface area contributed by atoms with Gasteiger partial charge in [0, 0.05) is 6.42 Å². The van der Waals surface area contributed by atoms with Crippen molar-refractivity contribution in [2.24, 2.45) is 5.92 Å². The van der Waals surface area contributed by atoms with Gasteiger partial charge in [0.25, 0.3) is 0 Å². The minimum atomic E-state index is 0.414. The second-order valence-corrected chi connectivity index (χ2v) is 4.06. The van der Waals surface area contributed by atoms with Crippen molar-refractivity contribution in [2.75, 3.05) is 0 Å². The van der Waals surface area contributed by atoms with Gasteiger partial charge in [0.1, 0.15) is 0 Å². The predicted octanol–water partition coefficient (Wildman–Crippen LogP) is 3.49. The highest BCUT2D eigenvalue weighted by molar-refractivity contribution is 5.96. The van der Waals surface area contributed by atoms with Crippen LogP contribution in [0.25, 0.3) is 0 Å². The molecule has 0 aromatic rings. The fraction of sp³-hybridized carbons (Fsp3) is 0.750. The number of rotatable bonds is 2. The Labute approximate surface area is 81.2 Å². The Kier molecular flexibility index (Phi) is 3.71. The Bertz CT molecular complexity index is 219. The lowest BCUT2D eigenvalue weighted by Gasteiger charge is -2.21. The molecule has 0 saturated heterocycles. The van der Waals surface area contributed by atoms with E-state index in [4.69, 9.17) is 0 Å². The molecule has 1 fully saturated rings. The maximum atomic E-state index is 11.7. The number of carbonyl (C=O) groups is 1. The first-order chi connectivity index (χ1) is 6.19. The van der Waals surface area contributed by atoms with Gasteiger partial charge in [-0.25, -0.2) is 0 Å². The Morgan fingerprint density at radius 2 is 2.00 bits per heavy atom. The summed E-state index contributed by atoms with van der Waals surface area (Å²) in [6.45, 7) is 6.47. The highest BCUT2D eigenvalue weighted by atomic mass is 16.1. The van der Waals surface area contributed by atoms with E-state index < -0.39 is 0 Å². The molecule has 0 radical (unpaired) electrons. The molecule has 1 saturated carbocycles. The van der Waals surface area contributed by atoms with Crippen molar-refractivity contribution in [2.45, 2.75) is 52.9 Å². The van der Waals surface area contributed by atoms with E-state index in [0.717, 1.165) is 31.3 Å². The number of hydrogen-bond donors (Lipinski definition) is 0. The van der Waals surface area contributed by atoms with Crippen molar-refractivity contribution < 1.29 is 4.79 Å². The largest absolute Gasteiger partial charge is 0.295 e. The highest BCUT2D eigenvalue weighted by Crippen LogP contribution is 2.29. The molecule has 1 atom stereocenters. The first kappa shape index (κ1) is 10.5. The minimum absolute atomic E-state index is 0.414. The Morgan fingerprint density at radius 3 is 2.46 bits per heavy atom. The molecule has 0 N–H and O–H groups in total. The van der Waals surface area contributed by atoms with Crippen molar-refractivity contribution in [3.05, 3.63) is 11.1 Å². The van der Waals surface area contributed by atoms with E-state index in [1.165, 1.54) is 12.0 Å². The van der Waals surface area contributed by atoms with E-state index in [2.05, 4.69) is 20.8 Å². The van der Waals surface area contributed by atoms with Gasteiger partial charge >= 0.3 is 0 Å². The zero-order chi connectivity index (χ0) is 9.84. The summed E-state index contributed by atoms with van der Waals surface area (Å²) < 4.78 is 0. The number of allylic oxidation sites excluding steroid dienone is 2. The molecule has 0 aromatic carbocycles. The number of hydrogen-bond acceptors (Lipinski definition) is 1. The number of carbonyl (C=O) groups excluding carboxylic acids is 1. The molecule has 0 aliphatic heterocycles. The average molecular weight is 180 g/mol. The van der Waals surface area contributed by atoms with Crippen LogP contribution in [0.2, 0.25) is 0 Å². The van der Waals surface area contributed by atoms with Crippen LogP contribution in [0.15, 0.2) is 11.1 Å². The predicted molar refractivity (Wildman–Crippen MR) is 55.6 cm³/mol. The number of ketones is 1. The Hall–Kier alpha value is -0.590. The normalized spacial score (nSPS) is 23.5. The molecule has 1 heteroatoms. The summed E-state index contributed by atoms with van der Waals surface area (Å²) in [5.41, 5.74) is 2.54.